The van der Waals surface area contributed by atoms with E-state index in [4.69, 9.17) is 0 Å². The molecule has 1 aliphatic rings. The first-order valence-electron chi connectivity index (χ1n) is 10.1. The Morgan fingerprint density at radius 2 is 1.59 bits per heavy atom. The van der Waals surface area contributed by atoms with Crippen LogP contribution in [0.1, 0.15) is 11.1 Å². The number of amides is 1. The van der Waals surface area contributed by atoms with Crippen LogP contribution in [-0.2, 0) is 11.2 Å². The molecule has 3 aromatic rings. The van der Waals surface area contributed by atoms with Crippen molar-refractivity contribution in [2.45, 2.75) is 11.7 Å². The summed E-state index contributed by atoms with van der Waals surface area (Å²) in [5.74, 6) is -0.216. The fourth-order valence-electron chi connectivity index (χ4n) is 3.36. The zero-order chi connectivity index (χ0) is 24.1. The van der Waals surface area contributed by atoms with E-state index < -0.39 is 15.1 Å². The van der Waals surface area contributed by atoms with Crippen molar-refractivity contribution < 1.29 is 14.6 Å². The number of carbonyl (C=O) groups is 1. The molecule has 1 atom stereocenters. The van der Waals surface area contributed by atoms with Gasteiger partial charge in [0, 0.05) is 29.8 Å². The molecule has 0 radical (unpaired) electrons. The van der Waals surface area contributed by atoms with Crippen LogP contribution in [0.2, 0.25) is 0 Å². The van der Waals surface area contributed by atoms with Crippen LogP contribution in [0.3, 0.4) is 0 Å². The van der Waals surface area contributed by atoms with Crippen LogP contribution in [0, 0.1) is 20.2 Å². The molecule has 0 saturated carbocycles. The van der Waals surface area contributed by atoms with Crippen LogP contribution in [0.5, 0.6) is 0 Å². The first-order valence-corrected chi connectivity index (χ1v) is 10.9. The predicted molar refractivity (Wildman–Crippen MR) is 130 cm³/mol. The highest BCUT2D eigenvalue weighted by Gasteiger charge is 2.39. The van der Waals surface area contributed by atoms with Crippen LogP contribution < -0.4 is 4.90 Å². The van der Waals surface area contributed by atoms with Crippen LogP contribution in [0.25, 0.3) is 0 Å². The van der Waals surface area contributed by atoms with Gasteiger partial charge in [0.1, 0.15) is 0 Å². The number of carbonyl (C=O) groups excluding carboxylic acids is 1. The number of non-ortho nitro benzene ring substituents is 2. The Labute approximate surface area is 197 Å². The van der Waals surface area contributed by atoms with E-state index in [9.17, 15) is 25.0 Å². The largest absolute Gasteiger partial charge is 0.273 e. The fraction of sp³-hybridized carbons (Fsp3) is 0.0870. The second-order valence-electron chi connectivity index (χ2n) is 7.23. The molecule has 10 nitrogen and oxygen atoms in total. The molecule has 0 bridgehead atoms. The molecule has 1 saturated heterocycles. The van der Waals surface area contributed by atoms with Crippen LogP contribution in [0.4, 0.5) is 17.1 Å². The van der Waals surface area contributed by atoms with Crippen LogP contribution >= 0.6 is 11.8 Å². The third kappa shape index (κ3) is 5.15. The maximum absolute atomic E-state index is 13.3. The first kappa shape index (κ1) is 22.8. The topological polar surface area (TPSA) is 131 Å². The van der Waals surface area contributed by atoms with Crippen molar-refractivity contribution >= 4 is 46.1 Å². The van der Waals surface area contributed by atoms with Gasteiger partial charge < -0.3 is 0 Å². The van der Waals surface area contributed by atoms with E-state index >= 15 is 0 Å². The van der Waals surface area contributed by atoms with E-state index in [2.05, 4.69) is 10.2 Å². The molecule has 170 valence electrons. The van der Waals surface area contributed by atoms with E-state index in [-0.39, 0.29) is 23.7 Å². The zero-order valence-corrected chi connectivity index (χ0v) is 18.4. The van der Waals surface area contributed by atoms with E-state index in [1.54, 1.807) is 48.5 Å². The number of hydrogen-bond acceptors (Lipinski definition) is 8. The van der Waals surface area contributed by atoms with Crippen molar-refractivity contribution in [2.24, 2.45) is 10.2 Å². The lowest BCUT2D eigenvalue weighted by Crippen LogP contribution is -2.32. The predicted octanol–water partition coefficient (Wildman–Crippen LogP) is 4.58. The summed E-state index contributed by atoms with van der Waals surface area (Å²) in [6.45, 7) is 0. The maximum atomic E-state index is 13.3. The number of rotatable bonds is 7. The lowest BCUT2D eigenvalue weighted by molar-refractivity contribution is -0.385. The Balaban J connectivity index is 1.61. The summed E-state index contributed by atoms with van der Waals surface area (Å²) in [4.78, 5) is 35.8. The average Bonchev–Trinajstić information content (AvgIpc) is 3.14. The van der Waals surface area contributed by atoms with Gasteiger partial charge in [0.15, 0.2) is 5.17 Å². The number of anilines is 1. The molecule has 1 heterocycles. The number of nitro groups is 2. The number of amidine groups is 1. The standard InChI is InChI=1S/C23H17N5O5S/c29-22-21(14-16-6-4-10-19(12-16)27(30)31)34-23(26(22)18-8-2-1-3-9-18)25-24-15-17-7-5-11-20(13-17)28(32)33/h1-13,15,21H,14H2. The molecular weight excluding hydrogens is 458 g/mol. The number of nitrogens with zero attached hydrogens (tertiary/aromatic N) is 5. The molecule has 0 aromatic heterocycles. The summed E-state index contributed by atoms with van der Waals surface area (Å²) >= 11 is 1.21. The molecule has 4 rings (SSSR count). The van der Waals surface area contributed by atoms with Crippen molar-refractivity contribution in [1.29, 1.82) is 0 Å². The lowest BCUT2D eigenvalue weighted by Gasteiger charge is -2.15. The number of thioether (sulfide) groups is 1. The summed E-state index contributed by atoms with van der Waals surface area (Å²) in [7, 11) is 0. The van der Waals surface area contributed by atoms with Gasteiger partial charge >= 0.3 is 0 Å². The monoisotopic (exact) mass is 475 g/mol. The molecule has 0 aliphatic carbocycles. The van der Waals surface area contributed by atoms with Crippen molar-refractivity contribution in [1.82, 2.24) is 0 Å². The maximum Gasteiger partial charge on any atom is 0.270 e. The van der Waals surface area contributed by atoms with Crippen LogP contribution in [-0.4, -0.2) is 32.4 Å². The Bertz CT molecular complexity index is 1310. The Morgan fingerprint density at radius 1 is 0.912 bits per heavy atom. The summed E-state index contributed by atoms with van der Waals surface area (Å²) in [6, 6.07) is 21.1. The molecule has 11 heteroatoms. The van der Waals surface area contributed by atoms with Gasteiger partial charge in [-0.25, -0.2) is 0 Å². The Morgan fingerprint density at radius 3 is 2.29 bits per heavy atom. The molecule has 1 aliphatic heterocycles. The highest BCUT2D eigenvalue weighted by molar-refractivity contribution is 8.16. The van der Waals surface area contributed by atoms with E-state index in [0.29, 0.717) is 22.0 Å². The third-order valence-corrected chi connectivity index (χ3v) is 6.05. The van der Waals surface area contributed by atoms with Crippen molar-refractivity contribution in [3.05, 3.63) is 110 Å². The first-order chi connectivity index (χ1) is 16.4. The normalized spacial score (nSPS) is 16.9. The lowest BCUT2D eigenvalue weighted by atomic mass is 10.1. The van der Waals surface area contributed by atoms with Crippen molar-refractivity contribution in [2.75, 3.05) is 4.90 Å². The molecule has 34 heavy (non-hydrogen) atoms. The molecule has 1 fully saturated rings. The van der Waals surface area contributed by atoms with Gasteiger partial charge in [0.25, 0.3) is 11.4 Å². The van der Waals surface area contributed by atoms with E-state index in [0.717, 1.165) is 0 Å². The summed E-state index contributed by atoms with van der Waals surface area (Å²) in [6.07, 6.45) is 1.66. The second kappa shape index (κ2) is 10.0. The van der Waals surface area contributed by atoms with Crippen LogP contribution in [0.15, 0.2) is 89.1 Å². The molecular formula is C23H17N5O5S. The van der Waals surface area contributed by atoms with E-state index in [1.807, 2.05) is 6.07 Å². The van der Waals surface area contributed by atoms with Crippen molar-refractivity contribution in [3.8, 4) is 0 Å². The second-order valence-corrected chi connectivity index (χ2v) is 8.40. The summed E-state index contributed by atoms with van der Waals surface area (Å²) < 4.78 is 0. The van der Waals surface area contributed by atoms with Gasteiger partial charge in [-0.2, -0.15) is 5.10 Å². The van der Waals surface area contributed by atoms with E-state index in [1.165, 1.54) is 47.1 Å². The fourth-order valence-corrected chi connectivity index (χ4v) is 4.49. The van der Waals surface area contributed by atoms with Crippen molar-refractivity contribution in [3.63, 3.8) is 0 Å². The van der Waals surface area contributed by atoms with Gasteiger partial charge in [-0.15, -0.1) is 5.10 Å². The number of hydrogen-bond donors (Lipinski definition) is 0. The Kier molecular flexibility index (Phi) is 6.74. The zero-order valence-electron chi connectivity index (χ0n) is 17.6. The number of nitro benzene ring substituents is 2. The SMILES string of the molecule is O=C1C(Cc2cccc([N+](=O)[O-])c2)SC(=NN=Cc2cccc([N+](=O)[O-])c2)N1c1ccccc1. The van der Waals surface area contributed by atoms with Gasteiger partial charge in [-0.05, 0) is 24.1 Å². The van der Waals surface area contributed by atoms with Gasteiger partial charge in [0.05, 0.1) is 27.0 Å². The minimum absolute atomic E-state index is 0.0386. The Hall–Kier alpha value is -4.38. The minimum atomic E-state index is -0.547. The molecule has 3 aromatic carbocycles. The smallest absolute Gasteiger partial charge is 0.270 e. The average molecular weight is 475 g/mol. The third-order valence-electron chi connectivity index (χ3n) is 4.92. The summed E-state index contributed by atoms with van der Waals surface area (Å²) in [5, 5.41) is 30.1. The molecule has 1 amide bonds. The van der Waals surface area contributed by atoms with Gasteiger partial charge in [-0.1, -0.05) is 54.2 Å². The highest BCUT2D eigenvalue weighted by atomic mass is 32.2. The minimum Gasteiger partial charge on any atom is -0.273 e. The quantitative estimate of drug-likeness (QED) is 0.279. The summed E-state index contributed by atoms with van der Waals surface area (Å²) in [5.41, 5.74) is 1.67. The van der Waals surface area contributed by atoms with Gasteiger partial charge in [-0.3, -0.25) is 29.9 Å². The van der Waals surface area contributed by atoms with Gasteiger partial charge in [0.2, 0.25) is 5.91 Å². The number of benzene rings is 3. The number of para-hydroxylation sites is 1. The molecule has 0 spiro atoms. The molecule has 1 unspecified atom stereocenters. The molecule has 0 N–H and O–H groups in total. The highest BCUT2D eigenvalue weighted by Crippen LogP contribution is 2.34.